The van der Waals surface area contributed by atoms with E-state index in [1.165, 1.54) is 6.42 Å². The molecule has 0 heterocycles. The number of ether oxygens (including phenoxy) is 1. The molecule has 2 N–H and O–H groups in total. The van der Waals surface area contributed by atoms with E-state index in [1.807, 2.05) is 0 Å². The first-order chi connectivity index (χ1) is 7.40. The summed E-state index contributed by atoms with van der Waals surface area (Å²) in [4.78, 5) is 11.9. The fourth-order valence-electron chi connectivity index (χ4n) is 2.38. The topological polar surface area (TPSA) is 52.3 Å². The highest BCUT2D eigenvalue weighted by Crippen LogP contribution is 2.36. The van der Waals surface area contributed by atoms with Crippen molar-refractivity contribution in [1.29, 1.82) is 0 Å². The van der Waals surface area contributed by atoms with E-state index in [4.69, 9.17) is 10.5 Å². The van der Waals surface area contributed by atoms with Gasteiger partial charge < -0.3 is 10.5 Å². The Kier molecular flexibility index (Phi) is 4.36. The summed E-state index contributed by atoms with van der Waals surface area (Å²) < 4.78 is 5.72. The Morgan fingerprint density at radius 1 is 1.31 bits per heavy atom. The van der Waals surface area contributed by atoms with E-state index < -0.39 is 5.54 Å². The summed E-state index contributed by atoms with van der Waals surface area (Å²) in [5, 5.41) is 0. The minimum absolute atomic E-state index is 0.222. The largest absolute Gasteiger partial charge is 0.458 e. The van der Waals surface area contributed by atoms with Crippen LogP contribution in [0.5, 0.6) is 0 Å². The van der Waals surface area contributed by atoms with Crippen LogP contribution < -0.4 is 5.73 Å². The molecular formula is C13H25NO2. The van der Waals surface area contributed by atoms with Gasteiger partial charge in [-0.05, 0) is 46.0 Å². The summed E-state index contributed by atoms with van der Waals surface area (Å²) in [6.45, 7) is 5.55. The van der Waals surface area contributed by atoms with Gasteiger partial charge in [-0.2, -0.15) is 0 Å². The number of carbonyl (C=O) groups is 1. The van der Waals surface area contributed by atoms with Crippen molar-refractivity contribution < 1.29 is 9.53 Å². The summed E-state index contributed by atoms with van der Waals surface area (Å²) in [6.07, 6.45) is 7.62. The van der Waals surface area contributed by atoms with Crippen molar-refractivity contribution >= 4 is 5.97 Å². The summed E-state index contributed by atoms with van der Waals surface area (Å²) in [7, 11) is 0. The second-order valence-electron chi connectivity index (χ2n) is 5.60. The molecule has 1 aliphatic carbocycles. The molecule has 0 atom stereocenters. The molecule has 94 valence electrons. The summed E-state index contributed by atoms with van der Waals surface area (Å²) in [6, 6.07) is 0. The Labute approximate surface area is 98.7 Å². The van der Waals surface area contributed by atoms with Gasteiger partial charge >= 0.3 is 5.97 Å². The van der Waals surface area contributed by atoms with E-state index in [0.717, 1.165) is 38.5 Å². The lowest BCUT2D eigenvalue weighted by Crippen LogP contribution is -2.48. The normalized spacial score (nSPS) is 20.5. The van der Waals surface area contributed by atoms with E-state index in [2.05, 4.69) is 6.92 Å². The van der Waals surface area contributed by atoms with Gasteiger partial charge in [-0.1, -0.05) is 19.8 Å². The van der Waals surface area contributed by atoms with Gasteiger partial charge in [0.25, 0.3) is 0 Å². The minimum atomic E-state index is -0.877. The van der Waals surface area contributed by atoms with Gasteiger partial charge in [0.05, 0.1) is 0 Å². The first kappa shape index (κ1) is 13.5. The smallest absolute Gasteiger partial charge is 0.326 e. The number of esters is 1. The Morgan fingerprint density at radius 2 is 1.88 bits per heavy atom. The molecule has 0 aliphatic heterocycles. The molecule has 0 aromatic carbocycles. The fourth-order valence-corrected chi connectivity index (χ4v) is 2.38. The number of nitrogens with two attached hydrogens (primary N) is 1. The van der Waals surface area contributed by atoms with Gasteiger partial charge in [-0.15, -0.1) is 0 Å². The molecule has 1 rings (SSSR count). The minimum Gasteiger partial charge on any atom is -0.458 e. The molecule has 0 spiro atoms. The molecule has 16 heavy (non-hydrogen) atoms. The summed E-state index contributed by atoms with van der Waals surface area (Å²) in [5.41, 5.74) is 4.68. The van der Waals surface area contributed by atoms with Crippen molar-refractivity contribution in [2.24, 2.45) is 5.73 Å². The van der Waals surface area contributed by atoms with Crippen LogP contribution in [0.15, 0.2) is 0 Å². The fraction of sp³-hybridized carbons (Fsp3) is 0.923. The highest BCUT2D eigenvalue weighted by atomic mass is 16.6. The van der Waals surface area contributed by atoms with Crippen LogP contribution in [0.2, 0.25) is 0 Å². The third-order valence-corrected chi connectivity index (χ3v) is 3.31. The Bertz CT molecular complexity index is 231. The van der Waals surface area contributed by atoms with Crippen molar-refractivity contribution in [2.75, 3.05) is 0 Å². The van der Waals surface area contributed by atoms with Crippen LogP contribution in [0.25, 0.3) is 0 Å². The number of hydrogen-bond donors (Lipinski definition) is 1. The maximum atomic E-state index is 11.9. The Balaban J connectivity index is 2.67. The molecule has 1 saturated carbocycles. The quantitative estimate of drug-likeness (QED) is 0.751. The SMILES string of the molecule is CCCC1(OC(=O)C(C)(C)N)CCCCC1. The molecule has 3 heteroatoms. The van der Waals surface area contributed by atoms with E-state index in [-0.39, 0.29) is 11.6 Å². The predicted molar refractivity (Wildman–Crippen MR) is 65.1 cm³/mol. The first-order valence-corrected chi connectivity index (χ1v) is 6.42. The molecule has 1 aliphatic rings. The van der Waals surface area contributed by atoms with Gasteiger partial charge in [-0.25, -0.2) is 0 Å². The maximum Gasteiger partial charge on any atom is 0.326 e. The van der Waals surface area contributed by atoms with Crippen molar-refractivity contribution in [2.45, 2.75) is 76.9 Å². The Hall–Kier alpha value is -0.570. The van der Waals surface area contributed by atoms with Gasteiger partial charge in [0.2, 0.25) is 0 Å². The molecule has 3 nitrogen and oxygen atoms in total. The van der Waals surface area contributed by atoms with Crippen molar-refractivity contribution in [3.63, 3.8) is 0 Å². The van der Waals surface area contributed by atoms with E-state index >= 15 is 0 Å². The maximum absolute atomic E-state index is 11.9. The molecule has 0 unspecified atom stereocenters. The van der Waals surface area contributed by atoms with Crippen LogP contribution in [0.1, 0.15) is 65.7 Å². The average Bonchev–Trinajstić information content (AvgIpc) is 2.17. The monoisotopic (exact) mass is 227 g/mol. The standard InChI is InChI=1S/C13H25NO2/c1-4-8-13(9-6-5-7-10-13)16-11(15)12(2,3)14/h4-10,14H2,1-3H3. The van der Waals surface area contributed by atoms with Crippen LogP contribution in [0.4, 0.5) is 0 Å². The van der Waals surface area contributed by atoms with Crippen molar-refractivity contribution in [1.82, 2.24) is 0 Å². The summed E-state index contributed by atoms with van der Waals surface area (Å²) >= 11 is 0. The third kappa shape index (κ3) is 3.48. The highest BCUT2D eigenvalue weighted by molar-refractivity contribution is 5.79. The number of hydrogen-bond acceptors (Lipinski definition) is 3. The molecule has 0 bridgehead atoms. The zero-order chi connectivity index (χ0) is 12.2. The average molecular weight is 227 g/mol. The van der Waals surface area contributed by atoms with Gasteiger partial charge in [0, 0.05) is 0 Å². The second kappa shape index (κ2) is 5.17. The first-order valence-electron chi connectivity index (χ1n) is 6.42. The van der Waals surface area contributed by atoms with E-state index in [0.29, 0.717) is 0 Å². The number of carbonyl (C=O) groups excluding carboxylic acids is 1. The second-order valence-corrected chi connectivity index (χ2v) is 5.60. The van der Waals surface area contributed by atoms with Crippen molar-refractivity contribution in [3.8, 4) is 0 Å². The molecule has 0 radical (unpaired) electrons. The van der Waals surface area contributed by atoms with Gasteiger partial charge in [-0.3, -0.25) is 4.79 Å². The van der Waals surface area contributed by atoms with Crippen LogP contribution in [-0.2, 0) is 9.53 Å². The zero-order valence-electron chi connectivity index (χ0n) is 10.8. The lowest BCUT2D eigenvalue weighted by molar-refractivity contribution is -0.169. The van der Waals surface area contributed by atoms with Gasteiger partial charge in [0.15, 0.2) is 0 Å². The van der Waals surface area contributed by atoms with Crippen LogP contribution >= 0.6 is 0 Å². The van der Waals surface area contributed by atoms with E-state index in [9.17, 15) is 4.79 Å². The molecule has 0 aromatic heterocycles. The molecule has 0 aromatic rings. The molecule has 0 amide bonds. The molecular weight excluding hydrogens is 202 g/mol. The van der Waals surface area contributed by atoms with Crippen LogP contribution in [0.3, 0.4) is 0 Å². The van der Waals surface area contributed by atoms with E-state index in [1.54, 1.807) is 13.8 Å². The highest BCUT2D eigenvalue weighted by Gasteiger charge is 2.38. The third-order valence-electron chi connectivity index (χ3n) is 3.31. The lowest BCUT2D eigenvalue weighted by atomic mass is 9.81. The zero-order valence-corrected chi connectivity index (χ0v) is 10.8. The predicted octanol–water partition coefficient (Wildman–Crippen LogP) is 2.77. The van der Waals surface area contributed by atoms with Crippen LogP contribution in [0, 0.1) is 0 Å². The lowest BCUT2D eigenvalue weighted by Gasteiger charge is -2.38. The number of rotatable bonds is 4. The molecule has 1 fully saturated rings. The van der Waals surface area contributed by atoms with Crippen LogP contribution in [-0.4, -0.2) is 17.1 Å². The van der Waals surface area contributed by atoms with Gasteiger partial charge in [0.1, 0.15) is 11.1 Å². The Morgan fingerprint density at radius 3 is 2.31 bits per heavy atom. The molecule has 0 saturated heterocycles. The van der Waals surface area contributed by atoms with Crippen molar-refractivity contribution in [3.05, 3.63) is 0 Å². The summed E-state index contributed by atoms with van der Waals surface area (Å²) in [5.74, 6) is -0.261.